The number of nitrogens with one attached hydrogen (secondary N) is 2. The molecule has 0 bridgehead atoms. The van der Waals surface area contributed by atoms with Crippen LogP contribution in [0.25, 0.3) is 0 Å². The molecule has 0 fully saturated rings. The lowest BCUT2D eigenvalue weighted by atomic mass is 10.2. The fraction of sp³-hybridized carbons (Fsp3) is 0.107. The molecule has 1 amide bonds. The quantitative estimate of drug-likeness (QED) is 0.231. The van der Waals surface area contributed by atoms with Crippen LogP contribution in [0.2, 0.25) is 10.0 Å². The molecule has 0 heterocycles. The predicted octanol–water partition coefficient (Wildman–Crippen LogP) is 6.25. The summed E-state index contributed by atoms with van der Waals surface area (Å²) in [5.41, 5.74) is 2.56. The zero-order valence-electron chi connectivity index (χ0n) is 21.4. The Morgan fingerprint density at radius 2 is 1.30 bits per heavy atom. The highest BCUT2D eigenvalue weighted by Crippen LogP contribution is 2.31. The van der Waals surface area contributed by atoms with E-state index in [9.17, 15) is 21.6 Å². The van der Waals surface area contributed by atoms with Crippen LogP contribution in [0.5, 0.6) is 0 Å². The van der Waals surface area contributed by atoms with E-state index in [-0.39, 0.29) is 31.2 Å². The fourth-order valence-corrected chi connectivity index (χ4v) is 6.59. The van der Waals surface area contributed by atoms with Crippen molar-refractivity contribution in [3.8, 4) is 0 Å². The van der Waals surface area contributed by atoms with Gasteiger partial charge in [0.1, 0.15) is 6.54 Å². The van der Waals surface area contributed by atoms with Gasteiger partial charge in [-0.2, -0.15) is 0 Å². The van der Waals surface area contributed by atoms with Crippen LogP contribution in [-0.4, -0.2) is 29.3 Å². The van der Waals surface area contributed by atoms with E-state index in [2.05, 4.69) is 10.0 Å². The third-order valence-electron chi connectivity index (χ3n) is 5.86. The Bertz CT molecular complexity index is 1740. The molecule has 0 unspecified atom stereocenters. The summed E-state index contributed by atoms with van der Waals surface area (Å²) in [7, 11) is -8.07. The van der Waals surface area contributed by atoms with Crippen molar-refractivity contribution in [3.05, 3.63) is 112 Å². The molecule has 0 aromatic heterocycles. The van der Waals surface area contributed by atoms with Gasteiger partial charge in [-0.05, 0) is 74.5 Å². The summed E-state index contributed by atoms with van der Waals surface area (Å²) in [6.45, 7) is 3.22. The third kappa shape index (κ3) is 6.76. The summed E-state index contributed by atoms with van der Waals surface area (Å²) in [5, 5.41) is 2.90. The molecule has 0 aliphatic heterocycles. The van der Waals surface area contributed by atoms with Crippen molar-refractivity contribution in [1.29, 1.82) is 0 Å². The number of anilines is 3. The molecule has 4 aromatic rings. The number of nitrogens with zero attached hydrogens (tertiary/aromatic N) is 1. The molecule has 8 nitrogen and oxygen atoms in total. The molecule has 2 N–H and O–H groups in total. The summed E-state index contributed by atoms with van der Waals surface area (Å²) in [5.74, 6) is -0.615. The lowest BCUT2D eigenvalue weighted by Crippen LogP contribution is -2.38. The van der Waals surface area contributed by atoms with E-state index >= 15 is 0 Å². The maximum absolute atomic E-state index is 13.5. The van der Waals surface area contributed by atoms with Crippen LogP contribution >= 0.6 is 23.2 Å². The number of hydrogen-bond donors (Lipinski definition) is 2. The number of halogens is 2. The van der Waals surface area contributed by atoms with E-state index in [4.69, 9.17) is 23.2 Å². The first-order valence-electron chi connectivity index (χ1n) is 11.9. The van der Waals surface area contributed by atoms with Crippen LogP contribution in [-0.2, 0) is 24.8 Å². The Morgan fingerprint density at radius 3 is 1.90 bits per heavy atom. The van der Waals surface area contributed by atoms with Crippen molar-refractivity contribution in [2.45, 2.75) is 23.6 Å². The number of aryl methyl sites for hydroxylation is 2. The van der Waals surface area contributed by atoms with Crippen molar-refractivity contribution >= 4 is 66.2 Å². The molecule has 0 spiro atoms. The Kier molecular flexibility index (Phi) is 8.74. The van der Waals surface area contributed by atoms with E-state index < -0.39 is 32.5 Å². The number of carbonyl (C=O) groups is 1. The van der Waals surface area contributed by atoms with Gasteiger partial charge in [0, 0.05) is 5.69 Å². The van der Waals surface area contributed by atoms with E-state index in [1.807, 2.05) is 13.8 Å². The van der Waals surface area contributed by atoms with E-state index in [1.165, 1.54) is 48.5 Å². The lowest BCUT2D eigenvalue weighted by molar-refractivity contribution is -0.114. The molecule has 0 atom stereocenters. The molecule has 4 aromatic carbocycles. The standard InChI is InChI=1S/C28H25Cl2N3O5S2/c1-19-6-12-22(13-7-19)33(40(37,38)24-14-8-20(2)9-15-24)18-27(34)31-21-10-16-23(17-11-21)39(35,36)32-26-5-3-4-25(29)28(26)30/h3-17,32H,18H2,1-2H3,(H,31,34). The van der Waals surface area contributed by atoms with Crippen molar-refractivity contribution in [2.75, 3.05) is 20.9 Å². The van der Waals surface area contributed by atoms with Gasteiger partial charge < -0.3 is 5.32 Å². The number of rotatable bonds is 9. The molecule has 0 saturated heterocycles. The first-order valence-corrected chi connectivity index (χ1v) is 15.6. The molecule has 208 valence electrons. The SMILES string of the molecule is Cc1ccc(N(CC(=O)Nc2ccc(S(=O)(=O)Nc3cccc(Cl)c3Cl)cc2)S(=O)(=O)c2ccc(C)cc2)cc1. The maximum atomic E-state index is 13.5. The lowest BCUT2D eigenvalue weighted by Gasteiger charge is -2.24. The second-order valence-corrected chi connectivity index (χ2v) is 13.3. The third-order valence-corrected chi connectivity index (χ3v) is 9.85. The largest absolute Gasteiger partial charge is 0.325 e. The molecule has 0 radical (unpaired) electrons. The number of carbonyl (C=O) groups excluding carboxylic acids is 1. The smallest absolute Gasteiger partial charge is 0.264 e. The van der Waals surface area contributed by atoms with Crippen LogP contribution in [0, 0.1) is 13.8 Å². The van der Waals surface area contributed by atoms with Gasteiger partial charge in [0.05, 0.1) is 31.2 Å². The summed E-state index contributed by atoms with van der Waals surface area (Å²) < 4.78 is 56.1. The Balaban J connectivity index is 1.53. The molecule has 0 aliphatic carbocycles. The van der Waals surface area contributed by atoms with Gasteiger partial charge in [-0.15, -0.1) is 0 Å². The highest BCUT2D eigenvalue weighted by atomic mass is 35.5. The first-order chi connectivity index (χ1) is 18.9. The average molecular weight is 619 g/mol. The molecule has 0 aliphatic rings. The predicted molar refractivity (Wildman–Crippen MR) is 159 cm³/mol. The number of benzene rings is 4. The second-order valence-electron chi connectivity index (χ2n) is 8.94. The Hall–Kier alpha value is -3.57. The minimum Gasteiger partial charge on any atom is -0.325 e. The summed E-state index contributed by atoms with van der Waals surface area (Å²) >= 11 is 12.0. The highest BCUT2D eigenvalue weighted by Gasteiger charge is 2.27. The van der Waals surface area contributed by atoms with Gasteiger partial charge in [-0.1, -0.05) is 64.7 Å². The van der Waals surface area contributed by atoms with Gasteiger partial charge in [0.15, 0.2) is 0 Å². The van der Waals surface area contributed by atoms with Crippen LogP contribution in [0.4, 0.5) is 17.1 Å². The number of amides is 1. The van der Waals surface area contributed by atoms with Gasteiger partial charge in [-0.3, -0.25) is 13.8 Å². The molecule has 0 saturated carbocycles. The molecule has 40 heavy (non-hydrogen) atoms. The van der Waals surface area contributed by atoms with Crippen molar-refractivity contribution in [3.63, 3.8) is 0 Å². The topological polar surface area (TPSA) is 113 Å². The normalized spacial score (nSPS) is 11.6. The molecular weight excluding hydrogens is 593 g/mol. The maximum Gasteiger partial charge on any atom is 0.264 e. The van der Waals surface area contributed by atoms with Crippen LogP contribution in [0.15, 0.2) is 101 Å². The second kappa shape index (κ2) is 11.9. The summed E-state index contributed by atoms with van der Waals surface area (Å²) in [4.78, 5) is 13.0. The van der Waals surface area contributed by atoms with Crippen LogP contribution < -0.4 is 14.3 Å². The van der Waals surface area contributed by atoms with E-state index in [0.717, 1.165) is 15.4 Å². The van der Waals surface area contributed by atoms with Crippen LogP contribution in [0.3, 0.4) is 0 Å². The van der Waals surface area contributed by atoms with Crippen molar-refractivity contribution < 1.29 is 21.6 Å². The van der Waals surface area contributed by atoms with Crippen LogP contribution in [0.1, 0.15) is 11.1 Å². The van der Waals surface area contributed by atoms with E-state index in [1.54, 1.807) is 42.5 Å². The first kappa shape index (κ1) is 29.4. The monoisotopic (exact) mass is 617 g/mol. The van der Waals surface area contributed by atoms with Gasteiger partial charge in [0.25, 0.3) is 20.0 Å². The Labute approximate surface area is 243 Å². The molecule has 4 rings (SSSR count). The fourth-order valence-electron chi connectivity index (χ4n) is 3.70. The molecule has 12 heteroatoms. The number of sulfonamides is 2. The van der Waals surface area contributed by atoms with Gasteiger partial charge in [0.2, 0.25) is 5.91 Å². The van der Waals surface area contributed by atoms with Gasteiger partial charge in [-0.25, -0.2) is 16.8 Å². The summed E-state index contributed by atoms with van der Waals surface area (Å²) in [6.07, 6.45) is 0. The highest BCUT2D eigenvalue weighted by molar-refractivity contribution is 7.93. The minimum atomic E-state index is -4.07. The molecular formula is C28H25Cl2N3O5S2. The minimum absolute atomic E-state index is 0.0494. The van der Waals surface area contributed by atoms with Gasteiger partial charge >= 0.3 is 0 Å². The average Bonchev–Trinajstić information content (AvgIpc) is 2.91. The Morgan fingerprint density at radius 1 is 0.750 bits per heavy atom. The van der Waals surface area contributed by atoms with Crippen molar-refractivity contribution in [2.24, 2.45) is 0 Å². The summed E-state index contributed by atoms with van der Waals surface area (Å²) in [6, 6.07) is 23.1. The zero-order valence-corrected chi connectivity index (χ0v) is 24.6. The number of hydrogen-bond acceptors (Lipinski definition) is 5. The van der Waals surface area contributed by atoms with E-state index in [0.29, 0.717) is 5.69 Å². The van der Waals surface area contributed by atoms with Crippen molar-refractivity contribution in [1.82, 2.24) is 0 Å². The zero-order chi connectivity index (χ0) is 29.1.